The van der Waals surface area contributed by atoms with Crippen LogP contribution in [0, 0.1) is 33.6 Å². The van der Waals surface area contributed by atoms with Crippen molar-refractivity contribution in [2.45, 2.75) is 53.9 Å². The molecular weight excluding hydrogens is 340 g/mol. The van der Waals surface area contributed by atoms with Gasteiger partial charge in [-0.05, 0) is 55.9 Å². The summed E-state index contributed by atoms with van der Waals surface area (Å²) in [5.74, 6) is -1.80. The van der Waals surface area contributed by atoms with E-state index in [1.54, 1.807) is 0 Å². The van der Waals surface area contributed by atoms with E-state index in [2.05, 4.69) is 0 Å². The van der Waals surface area contributed by atoms with Crippen LogP contribution in [0.25, 0.3) is 0 Å². The lowest BCUT2D eigenvalue weighted by molar-refractivity contribution is -0.140. The van der Waals surface area contributed by atoms with E-state index in [1.165, 1.54) is 0 Å². The summed E-state index contributed by atoms with van der Waals surface area (Å²) in [4.78, 5) is 21.6. The highest BCUT2D eigenvalue weighted by Gasteiger charge is 2.24. The Labute approximate surface area is 161 Å². The summed E-state index contributed by atoms with van der Waals surface area (Å²) in [6.45, 7) is 11.7. The molecule has 0 aromatic heterocycles. The largest absolute Gasteiger partial charge is 0.481 e. The third kappa shape index (κ3) is 6.89. The predicted molar refractivity (Wildman–Crippen MR) is 108 cm³/mol. The van der Waals surface area contributed by atoms with Crippen molar-refractivity contribution in [3.8, 4) is 0 Å². The van der Waals surface area contributed by atoms with Crippen LogP contribution in [0.2, 0.25) is 0 Å². The van der Waals surface area contributed by atoms with Gasteiger partial charge in [-0.2, -0.15) is 0 Å². The average Bonchev–Trinajstić information content (AvgIpc) is 2.54. The van der Waals surface area contributed by atoms with Crippen molar-refractivity contribution >= 4 is 11.9 Å². The molecule has 2 aromatic rings. The first-order chi connectivity index (χ1) is 12.5. The first-order valence-electron chi connectivity index (χ1n) is 9.10. The third-order valence-electron chi connectivity index (χ3n) is 4.55. The van der Waals surface area contributed by atoms with Gasteiger partial charge in [0, 0.05) is 0 Å². The molecule has 2 rings (SSSR count). The van der Waals surface area contributed by atoms with Crippen molar-refractivity contribution in [1.29, 1.82) is 0 Å². The number of carbonyl (C=O) groups is 2. The molecule has 2 aromatic carbocycles. The standard InChI is InChI=1S/C13H18O2.C10H12O2/c1-8(2)12(13(14)15)11-7-9(3)5-6-10(11)4;1-7-3-4-8(2)9(5-7)6-10(11)12/h5-8,12H,1-4H3,(H,14,15);3-5H,6H2,1-2H3,(H,11,12). The van der Waals surface area contributed by atoms with E-state index in [0.29, 0.717) is 0 Å². The van der Waals surface area contributed by atoms with Gasteiger partial charge in [0.25, 0.3) is 0 Å². The topological polar surface area (TPSA) is 74.6 Å². The van der Waals surface area contributed by atoms with Gasteiger partial charge in [-0.3, -0.25) is 9.59 Å². The fourth-order valence-corrected chi connectivity index (χ4v) is 3.03. The number of hydrogen-bond acceptors (Lipinski definition) is 2. The molecule has 0 heterocycles. The van der Waals surface area contributed by atoms with E-state index < -0.39 is 17.9 Å². The van der Waals surface area contributed by atoms with Crippen molar-refractivity contribution in [2.24, 2.45) is 5.92 Å². The number of carboxylic acids is 2. The molecule has 2 N–H and O–H groups in total. The van der Waals surface area contributed by atoms with E-state index in [1.807, 2.05) is 77.9 Å². The molecule has 146 valence electrons. The van der Waals surface area contributed by atoms with Crippen molar-refractivity contribution in [3.63, 3.8) is 0 Å². The van der Waals surface area contributed by atoms with Crippen LogP contribution in [0.1, 0.15) is 53.1 Å². The minimum absolute atomic E-state index is 0.114. The quantitative estimate of drug-likeness (QED) is 0.771. The smallest absolute Gasteiger partial charge is 0.311 e. The highest BCUT2D eigenvalue weighted by Crippen LogP contribution is 2.28. The van der Waals surface area contributed by atoms with Crippen molar-refractivity contribution < 1.29 is 19.8 Å². The zero-order valence-corrected chi connectivity index (χ0v) is 17.0. The number of aryl methyl sites for hydroxylation is 4. The van der Waals surface area contributed by atoms with E-state index in [9.17, 15) is 14.7 Å². The second kappa shape index (κ2) is 9.91. The molecule has 0 fully saturated rings. The minimum atomic E-state index is -0.774. The van der Waals surface area contributed by atoms with Gasteiger partial charge >= 0.3 is 11.9 Å². The van der Waals surface area contributed by atoms with E-state index in [-0.39, 0.29) is 12.3 Å². The summed E-state index contributed by atoms with van der Waals surface area (Å²) >= 11 is 0. The van der Waals surface area contributed by atoms with Gasteiger partial charge in [0.15, 0.2) is 0 Å². The molecule has 1 unspecified atom stereocenters. The normalized spacial score (nSPS) is 11.5. The van der Waals surface area contributed by atoms with Crippen LogP contribution in [0.5, 0.6) is 0 Å². The van der Waals surface area contributed by atoms with Crippen molar-refractivity contribution in [2.75, 3.05) is 0 Å². The molecule has 0 aliphatic rings. The van der Waals surface area contributed by atoms with E-state index in [4.69, 9.17) is 5.11 Å². The lowest BCUT2D eigenvalue weighted by atomic mass is 9.85. The molecule has 0 saturated carbocycles. The summed E-state index contributed by atoms with van der Waals surface area (Å²) in [7, 11) is 0. The molecule has 1 atom stereocenters. The Morgan fingerprint density at radius 2 is 1.37 bits per heavy atom. The Kier molecular flexibility index (Phi) is 8.23. The third-order valence-corrected chi connectivity index (χ3v) is 4.55. The Hall–Kier alpha value is -2.62. The zero-order valence-electron chi connectivity index (χ0n) is 17.0. The van der Waals surface area contributed by atoms with E-state index >= 15 is 0 Å². The molecule has 0 bridgehead atoms. The molecule has 0 spiro atoms. The number of rotatable bonds is 5. The highest BCUT2D eigenvalue weighted by atomic mass is 16.4. The summed E-state index contributed by atoms with van der Waals surface area (Å²) in [6.07, 6.45) is 0.119. The molecular formula is C23H30O4. The summed E-state index contributed by atoms with van der Waals surface area (Å²) < 4.78 is 0. The fraction of sp³-hybridized carbons (Fsp3) is 0.391. The van der Waals surface area contributed by atoms with Crippen LogP contribution >= 0.6 is 0 Å². The van der Waals surface area contributed by atoms with Gasteiger partial charge in [-0.15, -0.1) is 0 Å². The van der Waals surface area contributed by atoms with Gasteiger partial charge in [0.1, 0.15) is 0 Å². The zero-order chi connectivity index (χ0) is 20.7. The van der Waals surface area contributed by atoms with Gasteiger partial charge in [0.05, 0.1) is 12.3 Å². The Bertz CT molecular complexity index is 806. The molecule has 0 radical (unpaired) electrons. The van der Waals surface area contributed by atoms with Gasteiger partial charge in [0.2, 0.25) is 0 Å². The summed E-state index contributed by atoms with van der Waals surface area (Å²) in [5.41, 5.74) is 6.17. The molecule has 4 heteroatoms. The van der Waals surface area contributed by atoms with Crippen LogP contribution in [0.15, 0.2) is 36.4 Å². The summed E-state index contributed by atoms with van der Waals surface area (Å²) in [5, 5.41) is 17.8. The van der Waals surface area contributed by atoms with E-state index in [0.717, 1.165) is 33.4 Å². The second-order valence-corrected chi connectivity index (χ2v) is 7.42. The Morgan fingerprint density at radius 1 is 0.852 bits per heavy atom. The van der Waals surface area contributed by atoms with Crippen LogP contribution in [-0.4, -0.2) is 22.2 Å². The summed E-state index contributed by atoms with van der Waals surface area (Å²) in [6, 6.07) is 11.8. The molecule has 0 amide bonds. The number of aliphatic carboxylic acids is 2. The van der Waals surface area contributed by atoms with Crippen molar-refractivity contribution in [1.82, 2.24) is 0 Å². The first-order valence-corrected chi connectivity index (χ1v) is 9.10. The maximum absolute atomic E-state index is 11.2. The lowest BCUT2D eigenvalue weighted by Crippen LogP contribution is -2.18. The lowest BCUT2D eigenvalue weighted by Gasteiger charge is -2.19. The van der Waals surface area contributed by atoms with Gasteiger partial charge in [-0.1, -0.05) is 61.4 Å². The van der Waals surface area contributed by atoms with Crippen molar-refractivity contribution in [3.05, 3.63) is 69.8 Å². The van der Waals surface area contributed by atoms with Gasteiger partial charge < -0.3 is 10.2 Å². The number of carboxylic acid groups (broad SMARTS) is 2. The maximum Gasteiger partial charge on any atom is 0.311 e. The molecule has 4 nitrogen and oxygen atoms in total. The van der Waals surface area contributed by atoms with Crippen LogP contribution in [0.3, 0.4) is 0 Å². The second-order valence-electron chi connectivity index (χ2n) is 7.42. The van der Waals surface area contributed by atoms with Crippen LogP contribution < -0.4 is 0 Å². The number of benzene rings is 2. The van der Waals surface area contributed by atoms with Gasteiger partial charge in [-0.25, -0.2) is 0 Å². The first kappa shape index (κ1) is 22.4. The Balaban J connectivity index is 0.000000277. The highest BCUT2D eigenvalue weighted by molar-refractivity contribution is 5.77. The fourth-order valence-electron chi connectivity index (χ4n) is 3.03. The Morgan fingerprint density at radius 3 is 1.85 bits per heavy atom. The predicted octanol–water partition coefficient (Wildman–Crippen LogP) is 5.06. The average molecular weight is 370 g/mol. The molecule has 0 aliphatic heterocycles. The molecule has 27 heavy (non-hydrogen) atoms. The van der Waals surface area contributed by atoms with Crippen LogP contribution in [0.4, 0.5) is 0 Å². The monoisotopic (exact) mass is 370 g/mol. The molecule has 0 aliphatic carbocycles. The molecule has 0 saturated heterocycles. The number of hydrogen-bond donors (Lipinski definition) is 2. The maximum atomic E-state index is 11.2. The van der Waals surface area contributed by atoms with Crippen LogP contribution in [-0.2, 0) is 16.0 Å². The minimum Gasteiger partial charge on any atom is -0.481 e. The SMILES string of the molecule is Cc1ccc(C)c(C(C(=O)O)C(C)C)c1.Cc1ccc(C)c(CC(=O)O)c1.